The maximum atomic E-state index is 12.5. The molecule has 1 aliphatic heterocycles. The van der Waals surface area contributed by atoms with Crippen LogP contribution in [0.1, 0.15) is 49.8 Å². The number of benzene rings is 1. The number of thiophene rings is 1. The van der Waals surface area contributed by atoms with Crippen molar-refractivity contribution in [3.8, 4) is 5.75 Å². The van der Waals surface area contributed by atoms with E-state index < -0.39 is 0 Å². The molecule has 1 unspecified atom stereocenters. The lowest BCUT2D eigenvalue weighted by Gasteiger charge is -2.30. The SMILES string of the molecule is CCOc1ccc(CC(=O)NCC(c2ccsc2)N2CCCCCC2)cc1. The first-order valence-corrected chi connectivity index (χ1v) is 10.9. The van der Waals surface area contributed by atoms with Gasteiger partial charge < -0.3 is 10.1 Å². The summed E-state index contributed by atoms with van der Waals surface area (Å²) in [6.45, 7) is 5.53. The van der Waals surface area contributed by atoms with E-state index in [1.54, 1.807) is 11.3 Å². The highest BCUT2D eigenvalue weighted by atomic mass is 32.1. The first-order chi connectivity index (χ1) is 13.3. The fourth-order valence-electron chi connectivity index (χ4n) is 3.66. The van der Waals surface area contributed by atoms with E-state index in [4.69, 9.17) is 4.74 Å². The van der Waals surface area contributed by atoms with Crippen LogP contribution in [0.25, 0.3) is 0 Å². The Morgan fingerprint density at radius 2 is 1.89 bits per heavy atom. The molecule has 0 saturated carbocycles. The van der Waals surface area contributed by atoms with Gasteiger partial charge in [-0.15, -0.1) is 0 Å². The van der Waals surface area contributed by atoms with E-state index in [0.29, 0.717) is 19.6 Å². The second-order valence-corrected chi connectivity index (χ2v) is 7.86. The Balaban J connectivity index is 1.56. The van der Waals surface area contributed by atoms with Crippen LogP contribution in [-0.4, -0.2) is 37.0 Å². The van der Waals surface area contributed by atoms with Gasteiger partial charge in [0.25, 0.3) is 0 Å². The molecule has 4 nitrogen and oxygen atoms in total. The van der Waals surface area contributed by atoms with Crippen LogP contribution >= 0.6 is 11.3 Å². The zero-order chi connectivity index (χ0) is 18.9. The molecule has 1 aromatic carbocycles. The molecular weight excluding hydrogens is 356 g/mol. The quantitative estimate of drug-likeness (QED) is 0.730. The molecule has 1 aromatic heterocycles. The number of likely N-dealkylation sites (tertiary alicyclic amines) is 1. The minimum absolute atomic E-state index is 0.0780. The fourth-order valence-corrected chi connectivity index (χ4v) is 4.36. The first-order valence-electron chi connectivity index (χ1n) is 10.0. The van der Waals surface area contributed by atoms with Crippen LogP contribution in [0.4, 0.5) is 0 Å². The third-order valence-corrected chi connectivity index (χ3v) is 5.80. The number of rotatable bonds is 8. The zero-order valence-corrected chi connectivity index (χ0v) is 17.0. The van der Waals surface area contributed by atoms with E-state index in [2.05, 4.69) is 27.0 Å². The molecule has 146 valence electrons. The molecule has 3 rings (SSSR count). The van der Waals surface area contributed by atoms with Crippen molar-refractivity contribution in [3.05, 3.63) is 52.2 Å². The molecule has 1 saturated heterocycles. The molecule has 1 atom stereocenters. The molecular formula is C22H30N2O2S. The molecule has 0 spiro atoms. The Kier molecular flexibility index (Phi) is 7.72. The summed E-state index contributed by atoms with van der Waals surface area (Å²) in [4.78, 5) is 15.0. The largest absolute Gasteiger partial charge is 0.494 e. The smallest absolute Gasteiger partial charge is 0.224 e. The predicted molar refractivity (Wildman–Crippen MR) is 111 cm³/mol. The van der Waals surface area contributed by atoms with E-state index >= 15 is 0 Å². The highest BCUT2D eigenvalue weighted by Crippen LogP contribution is 2.25. The van der Waals surface area contributed by atoms with E-state index in [1.807, 2.05) is 31.2 Å². The minimum Gasteiger partial charge on any atom is -0.494 e. The van der Waals surface area contributed by atoms with Gasteiger partial charge in [-0.1, -0.05) is 25.0 Å². The Morgan fingerprint density at radius 3 is 2.52 bits per heavy atom. The molecule has 2 heterocycles. The van der Waals surface area contributed by atoms with Crippen LogP contribution in [0.15, 0.2) is 41.1 Å². The van der Waals surface area contributed by atoms with Crippen LogP contribution in [0.2, 0.25) is 0 Å². The summed E-state index contributed by atoms with van der Waals surface area (Å²) in [5, 5.41) is 7.51. The average Bonchev–Trinajstić information content (AvgIpc) is 3.07. The summed E-state index contributed by atoms with van der Waals surface area (Å²) in [5.41, 5.74) is 2.33. The number of nitrogens with one attached hydrogen (secondary N) is 1. The van der Waals surface area contributed by atoms with E-state index in [-0.39, 0.29) is 11.9 Å². The van der Waals surface area contributed by atoms with Gasteiger partial charge in [0.2, 0.25) is 5.91 Å². The number of hydrogen-bond acceptors (Lipinski definition) is 4. The normalized spacial score (nSPS) is 16.5. The van der Waals surface area contributed by atoms with Gasteiger partial charge in [0.1, 0.15) is 5.75 Å². The summed E-state index contributed by atoms with van der Waals surface area (Å²) in [6, 6.07) is 10.3. The molecule has 1 aliphatic rings. The highest BCUT2D eigenvalue weighted by Gasteiger charge is 2.22. The number of carbonyl (C=O) groups excluding carboxylic acids is 1. The van der Waals surface area contributed by atoms with Crippen molar-refractivity contribution in [2.24, 2.45) is 0 Å². The number of carbonyl (C=O) groups is 1. The van der Waals surface area contributed by atoms with E-state index in [1.165, 1.54) is 31.2 Å². The Morgan fingerprint density at radius 1 is 1.15 bits per heavy atom. The molecule has 0 radical (unpaired) electrons. The van der Waals surface area contributed by atoms with Crippen molar-refractivity contribution in [2.75, 3.05) is 26.2 Å². The Hall–Kier alpha value is -1.85. The number of nitrogens with zero attached hydrogens (tertiary/aromatic N) is 1. The molecule has 27 heavy (non-hydrogen) atoms. The minimum atomic E-state index is 0.0780. The fraction of sp³-hybridized carbons (Fsp3) is 0.500. The molecule has 1 fully saturated rings. The topological polar surface area (TPSA) is 41.6 Å². The maximum Gasteiger partial charge on any atom is 0.224 e. The lowest BCUT2D eigenvalue weighted by Crippen LogP contribution is -2.39. The maximum absolute atomic E-state index is 12.5. The zero-order valence-electron chi connectivity index (χ0n) is 16.2. The van der Waals surface area contributed by atoms with Gasteiger partial charge in [-0.3, -0.25) is 9.69 Å². The standard InChI is InChI=1S/C22H30N2O2S/c1-2-26-20-9-7-18(8-10-20)15-22(25)23-16-21(19-11-14-27-17-19)24-12-5-3-4-6-13-24/h7-11,14,17,21H,2-6,12-13,15-16H2,1H3,(H,23,25). The number of ether oxygens (including phenoxy) is 1. The van der Waals surface area contributed by atoms with E-state index in [0.717, 1.165) is 24.4 Å². The molecule has 0 aliphatic carbocycles. The molecule has 1 N–H and O–H groups in total. The van der Waals surface area contributed by atoms with Crippen molar-refractivity contribution in [1.29, 1.82) is 0 Å². The second-order valence-electron chi connectivity index (χ2n) is 7.08. The monoisotopic (exact) mass is 386 g/mol. The summed E-state index contributed by atoms with van der Waals surface area (Å²) in [6.07, 6.45) is 5.54. The summed E-state index contributed by atoms with van der Waals surface area (Å²) >= 11 is 1.73. The lowest BCUT2D eigenvalue weighted by atomic mass is 10.1. The second kappa shape index (κ2) is 10.5. The summed E-state index contributed by atoms with van der Waals surface area (Å²) < 4.78 is 5.46. The van der Waals surface area contributed by atoms with Crippen LogP contribution in [0.5, 0.6) is 5.75 Å². The summed E-state index contributed by atoms with van der Waals surface area (Å²) in [5.74, 6) is 0.926. The molecule has 2 aromatic rings. The van der Waals surface area contributed by atoms with Gasteiger partial charge in [0, 0.05) is 6.54 Å². The van der Waals surface area contributed by atoms with Crippen molar-refractivity contribution in [1.82, 2.24) is 10.2 Å². The van der Waals surface area contributed by atoms with Gasteiger partial charge >= 0.3 is 0 Å². The van der Waals surface area contributed by atoms with Crippen LogP contribution < -0.4 is 10.1 Å². The predicted octanol–water partition coefficient (Wildman–Crippen LogP) is 4.42. The third-order valence-electron chi connectivity index (χ3n) is 5.10. The Bertz CT molecular complexity index is 677. The van der Waals surface area contributed by atoms with Crippen LogP contribution in [0, 0.1) is 0 Å². The molecule has 5 heteroatoms. The lowest BCUT2D eigenvalue weighted by molar-refractivity contribution is -0.120. The highest BCUT2D eigenvalue weighted by molar-refractivity contribution is 7.07. The average molecular weight is 387 g/mol. The van der Waals surface area contributed by atoms with Gasteiger partial charge in [-0.05, 0) is 72.9 Å². The van der Waals surface area contributed by atoms with Crippen molar-refractivity contribution >= 4 is 17.2 Å². The van der Waals surface area contributed by atoms with Crippen molar-refractivity contribution in [2.45, 2.75) is 45.1 Å². The number of hydrogen-bond donors (Lipinski definition) is 1. The first kappa shape index (κ1) is 19.9. The van der Waals surface area contributed by atoms with Crippen molar-refractivity contribution < 1.29 is 9.53 Å². The van der Waals surface area contributed by atoms with Crippen molar-refractivity contribution in [3.63, 3.8) is 0 Å². The Labute approximate surface area is 166 Å². The van der Waals surface area contributed by atoms with Gasteiger partial charge in [0.15, 0.2) is 0 Å². The van der Waals surface area contributed by atoms with Gasteiger partial charge in [-0.25, -0.2) is 0 Å². The van der Waals surface area contributed by atoms with E-state index in [9.17, 15) is 4.79 Å². The summed E-state index contributed by atoms with van der Waals surface area (Å²) in [7, 11) is 0. The van der Waals surface area contributed by atoms with Gasteiger partial charge in [-0.2, -0.15) is 11.3 Å². The van der Waals surface area contributed by atoms with Crippen LogP contribution in [0.3, 0.4) is 0 Å². The van der Waals surface area contributed by atoms with Crippen LogP contribution in [-0.2, 0) is 11.2 Å². The van der Waals surface area contributed by atoms with Gasteiger partial charge in [0.05, 0.1) is 19.1 Å². The number of amides is 1. The molecule has 0 bridgehead atoms. The molecule has 1 amide bonds. The third kappa shape index (κ3) is 6.08.